The summed E-state index contributed by atoms with van der Waals surface area (Å²) in [5.74, 6) is 0.258. The van der Waals surface area contributed by atoms with Gasteiger partial charge in [-0.3, -0.25) is 4.79 Å². The van der Waals surface area contributed by atoms with E-state index in [-0.39, 0.29) is 22.2 Å². The second kappa shape index (κ2) is 7.67. The number of rotatable bonds is 5. The van der Waals surface area contributed by atoms with E-state index < -0.39 is 17.6 Å². The van der Waals surface area contributed by atoms with Crippen molar-refractivity contribution >= 4 is 29.1 Å². The number of halogens is 4. The van der Waals surface area contributed by atoms with Gasteiger partial charge in [-0.1, -0.05) is 11.6 Å². The minimum Gasteiger partial charge on any atom is -0.467 e. The van der Waals surface area contributed by atoms with Crippen molar-refractivity contribution in [2.45, 2.75) is 12.7 Å². The first-order valence-corrected chi connectivity index (χ1v) is 7.97. The molecule has 0 aliphatic heterocycles. The number of anilines is 2. The zero-order chi connectivity index (χ0) is 19.4. The Kier molecular flexibility index (Phi) is 5.31. The lowest BCUT2D eigenvalue weighted by Gasteiger charge is -2.11. The van der Waals surface area contributed by atoms with Crippen LogP contribution < -0.4 is 10.6 Å². The molecule has 0 aliphatic carbocycles. The molecule has 140 valence electrons. The van der Waals surface area contributed by atoms with Crippen LogP contribution in [0, 0.1) is 0 Å². The maximum atomic E-state index is 12.8. The lowest BCUT2D eigenvalue weighted by atomic mass is 10.2. The Morgan fingerprint density at radius 1 is 1.19 bits per heavy atom. The first kappa shape index (κ1) is 18.7. The van der Waals surface area contributed by atoms with Gasteiger partial charge >= 0.3 is 6.18 Å². The molecule has 2 N–H and O–H groups in total. The monoisotopic (exact) mass is 396 g/mol. The van der Waals surface area contributed by atoms with Crippen molar-refractivity contribution in [2.24, 2.45) is 0 Å². The number of alkyl halides is 3. The summed E-state index contributed by atoms with van der Waals surface area (Å²) in [5.41, 5.74) is -1.01. The number of hydrogen-bond donors (Lipinski definition) is 2. The zero-order valence-electron chi connectivity index (χ0n) is 13.5. The molecule has 0 spiro atoms. The Morgan fingerprint density at radius 3 is 2.56 bits per heavy atom. The molecule has 0 radical (unpaired) electrons. The molecule has 0 fully saturated rings. The number of carbonyl (C=O) groups is 1. The highest BCUT2D eigenvalue weighted by molar-refractivity contribution is 6.34. The first-order chi connectivity index (χ1) is 12.8. The Bertz CT molecular complexity index is 928. The summed E-state index contributed by atoms with van der Waals surface area (Å²) < 4.78 is 43.5. The molecule has 0 unspecified atom stereocenters. The molecule has 10 heteroatoms. The Labute approximate surface area is 156 Å². The van der Waals surface area contributed by atoms with Crippen LogP contribution in [0.1, 0.15) is 21.7 Å². The molecule has 2 aromatic heterocycles. The summed E-state index contributed by atoms with van der Waals surface area (Å²) in [5, 5.41) is 5.21. The topological polar surface area (TPSA) is 80.0 Å². The van der Waals surface area contributed by atoms with Crippen molar-refractivity contribution in [3.63, 3.8) is 0 Å². The standard InChI is InChI=1S/C17H12ClF3N4O2/c18-13-4-3-11(17(19,20)21)6-14(13)25-15(26)10-7-22-16(23-8-10)24-9-12-2-1-5-27-12/h1-8H,9H2,(H,25,26)(H,22,23,24). The summed E-state index contributed by atoms with van der Waals surface area (Å²) in [6.45, 7) is 0.360. The minimum atomic E-state index is -4.55. The van der Waals surface area contributed by atoms with E-state index in [0.717, 1.165) is 18.2 Å². The molecule has 3 rings (SSSR count). The Balaban J connectivity index is 1.67. The fourth-order valence-corrected chi connectivity index (χ4v) is 2.27. The van der Waals surface area contributed by atoms with Crippen molar-refractivity contribution in [3.05, 3.63) is 70.9 Å². The molecule has 0 bridgehead atoms. The predicted octanol–water partition coefficient (Wildman–Crippen LogP) is 4.61. The normalized spacial score (nSPS) is 11.3. The number of carbonyl (C=O) groups excluding carboxylic acids is 1. The molecule has 6 nitrogen and oxygen atoms in total. The van der Waals surface area contributed by atoms with Gasteiger partial charge in [0.15, 0.2) is 0 Å². The fraction of sp³-hybridized carbons (Fsp3) is 0.118. The first-order valence-electron chi connectivity index (χ1n) is 7.59. The summed E-state index contributed by atoms with van der Waals surface area (Å²) in [7, 11) is 0. The molecule has 0 saturated heterocycles. The lowest BCUT2D eigenvalue weighted by molar-refractivity contribution is -0.137. The highest BCUT2D eigenvalue weighted by Gasteiger charge is 2.31. The minimum absolute atomic E-state index is 0.0194. The van der Waals surface area contributed by atoms with E-state index in [1.165, 1.54) is 18.7 Å². The van der Waals surface area contributed by atoms with Gasteiger partial charge in [-0.15, -0.1) is 0 Å². The molecule has 27 heavy (non-hydrogen) atoms. The Morgan fingerprint density at radius 2 is 1.93 bits per heavy atom. The van der Waals surface area contributed by atoms with Crippen LogP contribution in [-0.2, 0) is 12.7 Å². The van der Waals surface area contributed by atoms with Gasteiger partial charge in [0.05, 0.1) is 34.6 Å². The second-order valence-corrected chi connectivity index (χ2v) is 5.78. The number of nitrogens with one attached hydrogen (secondary N) is 2. The lowest BCUT2D eigenvalue weighted by Crippen LogP contribution is -2.15. The fourth-order valence-electron chi connectivity index (χ4n) is 2.11. The van der Waals surface area contributed by atoms with Crippen molar-refractivity contribution in [1.82, 2.24) is 9.97 Å². The molecule has 2 heterocycles. The van der Waals surface area contributed by atoms with Crippen LogP contribution in [0.15, 0.2) is 53.4 Å². The number of benzene rings is 1. The zero-order valence-corrected chi connectivity index (χ0v) is 14.3. The van der Waals surface area contributed by atoms with Crippen LogP contribution in [0.5, 0.6) is 0 Å². The van der Waals surface area contributed by atoms with Crippen LogP contribution in [0.4, 0.5) is 24.8 Å². The number of nitrogens with zero attached hydrogens (tertiary/aromatic N) is 2. The number of amides is 1. The molecule has 3 aromatic rings. The molecule has 1 aromatic carbocycles. The van der Waals surface area contributed by atoms with Crippen LogP contribution in [0.3, 0.4) is 0 Å². The van der Waals surface area contributed by atoms with E-state index in [9.17, 15) is 18.0 Å². The molecule has 0 atom stereocenters. The molecular weight excluding hydrogens is 385 g/mol. The van der Waals surface area contributed by atoms with Gasteiger partial charge in [-0.05, 0) is 30.3 Å². The average Bonchev–Trinajstić information content (AvgIpc) is 3.15. The van der Waals surface area contributed by atoms with E-state index in [4.69, 9.17) is 16.0 Å². The van der Waals surface area contributed by atoms with Gasteiger partial charge in [-0.25, -0.2) is 9.97 Å². The summed E-state index contributed by atoms with van der Waals surface area (Å²) in [4.78, 5) is 20.2. The third kappa shape index (κ3) is 4.76. The van der Waals surface area contributed by atoms with E-state index in [1.54, 1.807) is 12.1 Å². The maximum Gasteiger partial charge on any atom is 0.416 e. The number of aromatic nitrogens is 2. The van der Waals surface area contributed by atoms with Crippen LogP contribution in [0.2, 0.25) is 5.02 Å². The van der Waals surface area contributed by atoms with Crippen LogP contribution in [-0.4, -0.2) is 15.9 Å². The number of hydrogen-bond acceptors (Lipinski definition) is 5. The van der Waals surface area contributed by atoms with Crippen LogP contribution >= 0.6 is 11.6 Å². The van der Waals surface area contributed by atoms with E-state index >= 15 is 0 Å². The van der Waals surface area contributed by atoms with E-state index in [2.05, 4.69) is 20.6 Å². The maximum absolute atomic E-state index is 12.8. The third-order valence-electron chi connectivity index (χ3n) is 3.46. The smallest absolute Gasteiger partial charge is 0.416 e. The van der Waals surface area contributed by atoms with Crippen molar-refractivity contribution in [3.8, 4) is 0 Å². The highest BCUT2D eigenvalue weighted by atomic mass is 35.5. The van der Waals surface area contributed by atoms with Gasteiger partial charge in [0.25, 0.3) is 5.91 Å². The molecule has 1 amide bonds. The summed E-state index contributed by atoms with van der Waals surface area (Å²) in [6, 6.07) is 6.18. The molecular formula is C17H12ClF3N4O2. The van der Waals surface area contributed by atoms with Crippen molar-refractivity contribution < 1.29 is 22.4 Å². The summed E-state index contributed by atoms with van der Waals surface area (Å²) >= 11 is 5.86. The quantitative estimate of drug-likeness (QED) is 0.658. The average molecular weight is 397 g/mol. The Hall–Kier alpha value is -3.07. The summed E-state index contributed by atoms with van der Waals surface area (Å²) in [6.07, 6.45) is -0.526. The molecule has 0 aliphatic rings. The van der Waals surface area contributed by atoms with E-state index in [1.807, 2.05) is 0 Å². The number of furan rings is 1. The molecule has 0 saturated carbocycles. The second-order valence-electron chi connectivity index (χ2n) is 5.37. The highest BCUT2D eigenvalue weighted by Crippen LogP contribution is 2.33. The van der Waals surface area contributed by atoms with Crippen LogP contribution in [0.25, 0.3) is 0 Å². The SMILES string of the molecule is O=C(Nc1cc(C(F)(F)F)ccc1Cl)c1cnc(NCc2ccco2)nc1. The van der Waals surface area contributed by atoms with Gasteiger partial charge in [-0.2, -0.15) is 13.2 Å². The van der Waals surface area contributed by atoms with Gasteiger partial charge in [0.2, 0.25) is 5.95 Å². The predicted molar refractivity (Wildman–Crippen MR) is 92.5 cm³/mol. The largest absolute Gasteiger partial charge is 0.467 e. The van der Waals surface area contributed by atoms with E-state index in [0.29, 0.717) is 12.3 Å². The third-order valence-corrected chi connectivity index (χ3v) is 3.79. The van der Waals surface area contributed by atoms with Gasteiger partial charge < -0.3 is 15.1 Å². The van der Waals surface area contributed by atoms with Crippen molar-refractivity contribution in [2.75, 3.05) is 10.6 Å². The van der Waals surface area contributed by atoms with Gasteiger partial charge in [0.1, 0.15) is 5.76 Å². The van der Waals surface area contributed by atoms with Gasteiger partial charge in [0, 0.05) is 12.4 Å². The van der Waals surface area contributed by atoms with Crippen molar-refractivity contribution in [1.29, 1.82) is 0 Å².